The zero-order valence-electron chi connectivity index (χ0n) is 11.5. The van der Waals surface area contributed by atoms with Gasteiger partial charge in [0, 0.05) is 31.0 Å². The first-order chi connectivity index (χ1) is 9.10. The molecule has 0 atom stereocenters. The quantitative estimate of drug-likeness (QED) is 0.912. The number of nitrogens with one attached hydrogen (secondary N) is 1. The number of aryl methyl sites for hydroxylation is 1. The molecule has 0 aliphatic carbocycles. The molecule has 0 amide bonds. The van der Waals surface area contributed by atoms with Crippen LogP contribution in [0.2, 0.25) is 0 Å². The maximum absolute atomic E-state index is 8.76. The minimum absolute atomic E-state index is 0.416. The predicted octanol–water partition coefficient (Wildman–Crippen LogP) is 3.03. The second-order valence-corrected chi connectivity index (χ2v) is 4.91. The van der Waals surface area contributed by atoms with Crippen molar-refractivity contribution in [2.75, 3.05) is 5.32 Å². The molecule has 0 spiro atoms. The summed E-state index contributed by atoms with van der Waals surface area (Å²) in [4.78, 5) is 0. The minimum atomic E-state index is 0.416. The fourth-order valence-corrected chi connectivity index (χ4v) is 2.04. The summed E-state index contributed by atoms with van der Waals surface area (Å²) in [6.45, 7) is 5.04. The Morgan fingerprint density at radius 2 is 2.00 bits per heavy atom. The third kappa shape index (κ3) is 3.14. The molecule has 0 saturated carbocycles. The summed E-state index contributed by atoms with van der Waals surface area (Å²) in [5.74, 6) is 0.416. The summed E-state index contributed by atoms with van der Waals surface area (Å²) < 4.78 is 1.85. The average molecular weight is 254 g/mol. The number of rotatable bonds is 4. The van der Waals surface area contributed by atoms with Crippen LogP contribution in [-0.2, 0) is 13.6 Å². The van der Waals surface area contributed by atoms with Crippen molar-refractivity contribution in [1.82, 2.24) is 9.78 Å². The third-order valence-corrected chi connectivity index (χ3v) is 2.98. The van der Waals surface area contributed by atoms with E-state index in [9.17, 15) is 0 Å². The van der Waals surface area contributed by atoms with Gasteiger partial charge in [-0.05, 0) is 30.2 Å². The Bertz CT molecular complexity index is 588. The lowest BCUT2D eigenvalue weighted by atomic mass is 10.1. The Kier molecular flexibility index (Phi) is 3.86. The van der Waals surface area contributed by atoms with Crippen LogP contribution in [0.25, 0.3) is 0 Å². The van der Waals surface area contributed by atoms with Gasteiger partial charge < -0.3 is 5.32 Å². The first-order valence-corrected chi connectivity index (χ1v) is 6.36. The number of hydrogen-bond acceptors (Lipinski definition) is 3. The monoisotopic (exact) mass is 254 g/mol. The zero-order chi connectivity index (χ0) is 13.8. The molecule has 19 heavy (non-hydrogen) atoms. The Balaban J connectivity index is 2.08. The Hall–Kier alpha value is -2.28. The van der Waals surface area contributed by atoms with Crippen LogP contribution in [0.4, 0.5) is 5.69 Å². The molecule has 0 aliphatic rings. The molecule has 4 nitrogen and oxygen atoms in total. The predicted molar refractivity (Wildman–Crippen MR) is 75.8 cm³/mol. The summed E-state index contributed by atoms with van der Waals surface area (Å²) in [7, 11) is 1.94. The molecule has 2 aromatic rings. The molecule has 0 fully saturated rings. The van der Waals surface area contributed by atoms with Crippen molar-refractivity contribution in [1.29, 1.82) is 5.26 Å². The van der Waals surface area contributed by atoms with Gasteiger partial charge in [0.25, 0.3) is 0 Å². The second-order valence-electron chi connectivity index (χ2n) is 4.91. The fourth-order valence-electron chi connectivity index (χ4n) is 2.04. The molecule has 4 heteroatoms. The van der Waals surface area contributed by atoms with Gasteiger partial charge >= 0.3 is 0 Å². The number of benzene rings is 1. The summed E-state index contributed by atoms with van der Waals surface area (Å²) in [5.41, 5.74) is 4.03. The van der Waals surface area contributed by atoms with Gasteiger partial charge in [-0.25, -0.2) is 0 Å². The molecule has 0 unspecified atom stereocenters. The van der Waals surface area contributed by atoms with E-state index in [1.807, 2.05) is 42.2 Å². The second kappa shape index (κ2) is 5.57. The van der Waals surface area contributed by atoms with E-state index in [2.05, 4.69) is 30.3 Å². The molecule has 0 radical (unpaired) electrons. The SMILES string of the molecule is CC(C)c1nn(C)cc1CNc1ccc(C#N)cc1. The molecule has 0 saturated heterocycles. The van der Waals surface area contributed by atoms with E-state index >= 15 is 0 Å². The summed E-state index contributed by atoms with van der Waals surface area (Å²) >= 11 is 0. The molecule has 1 N–H and O–H groups in total. The minimum Gasteiger partial charge on any atom is -0.381 e. The van der Waals surface area contributed by atoms with Crippen LogP contribution < -0.4 is 5.32 Å². The number of aromatic nitrogens is 2. The largest absolute Gasteiger partial charge is 0.381 e. The molecule has 98 valence electrons. The van der Waals surface area contributed by atoms with Crippen molar-refractivity contribution in [2.24, 2.45) is 7.05 Å². The lowest BCUT2D eigenvalue weighted by Crippen LogP contribution is -2.02. The van der Waals surface area contributed by atoms with Gasteiger partial charge in [0.15, 0.2) is 0 Å². The van der Waals surface area contributed by atoms with E-state index in [1.54, 1.807) is 0 Å². The highest BCUT2D eigenvalue weighted by Crippen LogP contribution is 2.18. The molecule has 1 heterocycles. The summed E-state index contributed by atoms with van der Waals surface area (Å²) in [5, 5.41) is 16.6. The highest BCUT2D eigenvalue weighted by Gasteiger charge is 2.10. The van der Waals surface area contributed by atoms with Crippen LogP contribution in [-0.4, -0.2) is 9.78 Å². The van der Waals surface area contributed by atoms with Gasteiger partial charge in [-0.3, -0.25) is 4.68 Å². The first-order valence-electron chi connectivity index (χ1n) is 6.36. The number of nitrogens with zero attached hydrogens (tertiary/aromatic N) is 3. The maximum atomic E-state index is 8.76. The molecule has 0 aliphatic heterocycles. The van der Waals surface area contributed by atoms with E-state index in [1.165, 1.54) is 5.56 Å². The number of nitriles is 1. The topological polar surface area (TPSA) is 53.6 Å². The van der Waals surface area contributed by atoms with Crippen molar-refractivity contribution in [3.05, 3.63) is 47.3 Å². The number of hydrogen-bond donors (Lipinski definition) is 1. The lowest BCUT2D eigenvalue weighted by Gasteiger charge is -2.08. The van der Waals surface area contributed by atoms with Crippen LogP contribution in [0, 0.1) is 11.3 Å². The standard InChI is InChI=1S/C15H18N4/c1-11(2)15-13(10-19(3)18-15)9-17-14-6-4-12(8-16)5-7-14/h4-7,10-11,17H,9H2,1-3H3. The van der Waals surface area contributed by atoms with Gasteiger partial charge in [0.05, 0.1) is 17.3 Å². The molecule has 2 rings (SSSR count). The summed E-state index contributed by atoms with van der Waals surface area (Å²) in [6, 6.07) is 9.58. The maximum Gasteiger partial charge on any atom is 0.0991 e. The van der Waals surface area contributed by atoms with E-state index in [0.29, 0.717) is 11.5 Å². The molecular formula is C15H18N4. The number of anilines is 1. The lowest BCUT2D eigenvalue weighted by molar-refractivity contribution is 0.712. The van der Waals surface area contributed by atoms with E-state index in [0.717, 1.165) is 17.9 Å². The molecule has 0 bridgehead atoms. The highest BCUT2D eigenvalue weighted by molar-refractivity contribution is 5.47. The van der Waals surface area contributed by atoms with Gasteiger partial charge in [-0.2, -0.15) is 10.4 Å². The van der Waals surface area contributed by atoms with Crippen LogP contribution in [0.3, 0.4) is 0 Å². The van der Waals surface area contributed by atoms with Crippen molar-refractivity contribution in [3.8, 4) is 6.07 Å². The van der Waals surface area contributed by atoms with Crippen LogP contribution in [0.5, 0.6) is 0 Å². The van der Waals surface area contributed by atoms with Crippen LogP contribution in [0.15, 0.2) is 30.5 Å². The average Bonchev–Trinajstić information content (AvgIpc) is 2.78. The van der Waals surface area contributed by atoms with Crippen LogP contribution in [0.1, 0.15) is 36.6 Å². The molecular weight excluding hydrogens is 236 g/mol. The van der Waals surface area contributed by atoms with E-state index in [-0.39, 0.29) is 0 Å². The van der Waals surface area contributed by atoms with Crippen molar-refractivity contribution < 1.29 is 0 Å². The van der Waals surface area contributed by atoms with Crippen LogP contribution >= 0.6 is 0 Å². The summed E-state index contributed by atoms with van der Waals surface area (Å²) in [6.07, 6.45) is 2.05. The molecule has 1 aromatic heterocycles. The van der Waals surface area contributed by atoms with Gasteiger partial charge in [0.1, 0.15) is 0 Å². The molecule has 1 aromatic carbocycles. The zero-order valence-corrected chi connectivity index (χ0v) is 11.5. The Morgan fingerprint density at radius 3 is 2.58 bits per heavy atom. The van der Waals surface area contributed by atoms with Gasteiger partial charge in [-0.1, -0.05) is 13.8 Å². The van der Waals surface area contributed by atoms with Crippen molar-refractivity contribution in [3.63, 3.8) is 0 Å². The fraction of sp³-hybridized carbons (Fsp3) is 0.333. The highest BCUT2D eigenvalue weighted by atomic mass is 15.3. The van der Waals surface area contributed by atoms with Gasteiger partial charge in [-0.15, -0.1) is 0 Å². The smallest absolute Gasteiger partial charge is 0.0991 e. The Labute approximate surface area is 113 Å². The first kappa shape index (κ1) is 13.2. The van der Waals surface area contributed by atoms with E-state index in [4.69, 9.17) is 5.26 Å². The van der Waals surface area contributed by atoms with E-state index < -0.39 is 0 Å². The third-order valence-electron chi connectivity index (χ3n) is 2.98. The normalized spacial score (nSPS) is 10.5. The van der Waals surface area contributed by atoms with Crippen molar-refractivity contribution >= 4 is 5.69 Å². The van der Waals surface area contributed by atoms with Gasteiger partial charge in [0.2, 0.25) is 0 Å². The Morgan fingerprint density at radius 1 is 1.32 bits per heavy atom. The van der Waals surface area contributed by atoms with Crippen molar-refractivity contribution in [2.45, 2.75) is 26.3 Å².